The smallest absolute Gasteiger partial charge is 0.275 e. The molecule has 0 saturated carbocycles. The Labute approximate surface area is 156 Å². The van der Waals surface area contributed by atoms with Crippen LogP contribution in [0.15, 0.2) is 40.3 Å². The average molecular weight is 386 g/mol. The van der Waals surface area contributed by atoms with Crippen LogP contribution in [0, 0.1) is 6.92 Å². The maximum Gasteiger partial charge on any atom is 0.275 e. The van der Waals surface area contributed by atoms with Crippen molar-refractivity contribution in [3.63, 3.8) is 0 Å². The van der Waals surface area contributed by atoms with Crippen molar-refractivity contribution < 1.29 is 4.74 Å². The van der Waals surface area contributed by atoms with Crippen LogP contribution < -0.4 is 10.3 Å². The lowest BCUT2D eigenvalue weighted by molar-refractivity contribution is 0.415. The molecule has 0 bridgehead atoms. The quantitative estimate of drug-likeness (QED) is 0.526. The van der Waals surface area contributed by atoms with Crippen LogP contribution in [0.5, 0.6) is 5.75 Å². The molecule has 1 N–H and O–H groups in total. The Morgan fingerprint density at radius 3 is 3.04 bits per heavy atom. The van der Waals surface area contributed by atoms with Crippen LogP contribution in [-0.4, -0.2) is 36.9 Å². The van der Waals surface area contributed by atoms with Crippen LogP contribution in [-0.2, 0) is 5.75 Å². The molecule has 132 valence electrons. The zero-order valence-electron chi connectivity index (χ0n) is 14.0. The fraction of sp³-hybridized carbons (Fsp3) is 0.188. The molecule has 1 aromatic carbocycles. The van der Waals surface area contributed by atoms with E-state index in [0.717, 1.165) is 16.3 Å². The normalized spacial score (nSPS) is 11.2. The van der Waals surface area contributed by atoms with Crippen LogP contribution >= 0.6 is 23.1 Å². The summed E-state index contributed by atoms with van der Waals surface area (Å²) < 4.78 is 6.55. The minimum absolute atomic E-state index is 0.179. The summed E-state index contributed by atoms with van der Waals surface area (Å²) >= 11 is 2.80. The van der Waals surface area contributed by atoms with Crippen molar-refractivity contribution in [3.8, 4) is 17.1 Å². The van der Waals surface area contributed by atoms with Gasteiger partial charge in [0.05, 0.1) is 12.8 Å². The van der Waals surface area contributed by atoms with Gasteiger partial charge in [-0.15, -0.1) is 5.10 Å². The zero-order valence-corrected chi connectivity index (χ0v) is 15.6. The average Bonchev–Trinajstić information content (AvgIpc) is 3.26. The first-order valence-electron chi connectivity index (χ1n) is 7.68. The van der Waals surface area contributed by atoms with Gasteiger partial charge in [-0.2, -0.15) is 9.61 Å². The minimum Gasteiger partial charge on any atom is -0.497 e. The minimum atomic E-state index is -0.179. The summed E-state index contributed by atoms with van der Waals surface area (Å²) in [6, 6.07) is 9.08. The van der Waals surface area contributed by atoms with Gasteiger partial charge in [0.1, 0.15) is 10.8 Å². The Kier molecular flexibility index (Phi) is 4.43. The van der Waals surface area contributed by atoms with Gasteiger partial charge in [-0.25, -0.2) is 9.97 Å². The molecule has 10 heteroatoms. The van der Waals surface area contributed by atoms with Crippen LogP contribution in [0.25, 0.3) is 16.3 Å². The Balaban J connectivity index is 1.52. The Hall–Kier alpha value is -2.72. The summed E-state index contributed by atoms with van der Waals surface area (Å²) in [4.78, 5) is 21.6. The molecule has 0 spiro atoms. The predicted octanol–water partition coefficient (Wildman–Crippen LogP) is 2.55. The Morgan fingerprint density at radius 1 is 1.31 bits per heavy atom. The van der Waals surface area contributed by atoms with Gasteiger partial charge in [0.15, 0.2) is 5.82 Å². The molecule has 0 radical (unpaired) electrons. The Morgan fingerprint density at radius 2 is 2.19 bits per heavy atom. The molecule has 0 unspecified atom stereocenters. The van der Waals surface area contributed by atoms with Gasteiger partial charge in [0, 0.05) is 17.4 Å². The van der Waals surface area contributed by atoms with Gasteiger partial charge >= 0.3 is 0 Å². The number of aryl methyl sites for hydroxylation is 1. The highest BCUT2D eigenvalue weighted by Gasteiger charge is 2.10. The fourth-order valence-corrected chi connectivity index (χ4v) is 3.83. The number of nitrogens with zero attached hydrogens (tertiary/aromatic N) is 5. The number of hydrogen-bond acceptors (Lipinski definition) is 8. The topological polar surface area (TPSA) is 98.1 Å². The van der Waals surface area contributed by atoms with E-state index in [-0.39, 0.29) is 5.56 Å². The molecule has 4 aromatic rings. The summed E-state index contributed by atoms with van der Waals surface area (Å²) in [6.07, 6.45) is 0. The number of methoxy groups -OCH3 is 1. The van der Waals surface area contributed by atoms with E-state index in [0.29, 0.717) is 27.4 Å². The van der Waals surface area contributed by atoms with E-state index in [1.807, 2.05) is 31.2 Å². The molecule has 0 aliphatic heterocycles. The molecule has 0 atom stereocenters. The number of aromatic nitrogens is 6. The maximum atomic E-state index is 12.1. The number of hydrogen-bond donors (Lipinski definition) is 1. The van der Waals surface area contributed by atoms with Crippen molar-refractivity contribution in [1.82, 2.24) is 29.8 Å². The molecular weight excluding hydrogens is 372 g/mol. The third kappa shape index (κ3) is 3.33. The first kappa shape index (κ1) is 16.7. The number of benzene rings is 1. The van der Waals surface area contributed by atoms with Crippen LogP contribution in [0.1, 0.15) is 10.7 Å². The van der Waals surface area contributed by atoms with Crippen LogP contribution in [0.2, 0.25) is 0 Å². The highest BCUT2D eigenvalue weighted by atomic mass is 32.2. The summed E-state index contributed by atoms with van der Waals surface area (Å²) in [5, 5.41) is 12.7. The zero-order chi connectivity index (χ0) is 18.1. The number of thioether (sulfide) groups is 1. The number of H-pyrrole nitrogens is 1. The fourth-order valence-electron chi connectivity index (χ4n) is 2.37. The molecule has 0 aliphatic rings. The number of aromatic amines is 1. The van der Waals surface area contributed by atoms with Crippen molar-refractivity contribution in [2.75, 3.05) is 7.11 Å². The molecule has 26 heavy (non-hydrogen) atoms. The largest absolute Gasteiger partial charge is 0.497 e. The van der Waals surface area contributed by atoms with Crippen LogP contribution in [0.4, 0.5) is 0 Å². The molecule has 3 heterocycles. The second-order valence-electron chi connectivity index (χ2n) is 5.39. The van der Waals surface area contributed by atoms with E-state index >= 15 is 0 Å². The number of nitrogens with one attached hydrogen (secondary N) is 1. The highest BCUT2D eigenvalue weighted by molar-refractivity contribution is 7.98. The lowest BCUT2D eigenvalue weighted by atomic mass is 10.2. The molecular formula is C16H14N6O2S2. The number of fused-ring (bicyclic) bond motifs is 1. The van der Waals surface area contributed by atoms with Crippen LogP contribution in [0.3, 0.4) is 0 Å². The second kappa shape index (κ2) is 6.89. The predicted molar refractivity (Wildman–Crippen MR) is 99.8 cm³/mol. The Bertz CT molecular complexity index is 1130. The monoisotopic (exact) mass is 386 g/mol. The highest BCUT2D eigenvalue weighted by Crippen LogP contribution is 2.24. The van der Waals surface area contributed by atoms with Crippen molar-refractivity contribution >= 4 is 28.1 Å². The van der Waals surface area contributed by atoms with Gasteiger partial charge in [-0.3, -0.25) is 9.89 Å². The molecule has 8 nitrogen and oxygen atoms in total. The maximum absolute atomic E-state index is 12.1. The first-order valence-corrected chi connectivity index (χ1v) is 9.48. The third-order valence-corrected chi connectivity index (χ3v) is 5.26. The van der Waals surface area contributed by atoms with E-state index in [2.05, 4.69) is 25.3 Å². The molecule has 3 aromatic heterocycles. The van der Waals surface area contributed by atoms with E-state index in [1.54, 1.807) is 7.11 Å². The van der Waals surface area contributed by atoms with Crippen molar-refractivity contribution in [3.05, 3.63) is 51.4 Å². The SMILES string of the molecule is COc1cccc(-c2nc(SCc3cc(=O)n4nc(C)sc4n3)n[nH]2)c1. The molecule has 0 amide bonds. The standard InChI is InChI=1S/C16H14N6O2S2/c1-9-21-22-13(23)7-11(17-16(22)26-9)8-25-15-18-14(19-20-15)10-4-3-5-12(6-10)24-2/h3-7H,8H2,1-2H3,(H,18,19,20). The van der Waals surface area contributed by atoms with Gasteiger partial charge in [0.25, 0.3) is 5.56 Å². The van der Waals surface area contributed by atoms with Crippen molar-refractivity contribution in [2.45, 2.75) is 17.8 Å². The molecule has 0 saturated heterocycles. The van der Waals surface area contributed by atoms with E-state index < -0.39 is 0 Å². The summed E-state index contributed by atoms with van der Waals surface area (Å²) in [7, 11) is 1.62. The van der Waals surface area contributed by atoms with Gasteiger partial charge in [-0.05, 0) is 19.1 Å². The number of ether oxygens (including phenoxy) is 1. The molecule has 0 aliphatic carbocycles. The van der Waals surface area contributed by atoms with E-state index in [4.69, 9.17) is 4.74 Å². The summed E-state index contributed by atoms with van der Waals surface area (Å²) in [5.74, 6) is 1.91. The lowest BCUT2D eigenvalue weighted by Crippen LogP contribution is -2.15. The van der Waals surface area contributed by atoms with E-state index in [1.165, 1.54) is 33.7 Å². The van der Waals surface area contributed by atoms with Gasteiger partial charge in [0.2, 0.25) is 10.1 Å². The van der Waals surface area contributed by atoms with Crippen molar-refractivity contribution in [1.29, 1.82) is 0 Å². The van der Waals surface area contributed by atoms with Crippen molar-refractivity contribution in [2.24, 2.45) is 0 Å². The van der Waals surface area contributed by atoms with E-state index in [9.17, 15) is 4.79 Å². The number of rotatable bonds is 5. The summed E-state index contributed by atoms with van der Waals surface area (Å²) in [6.45, 7) is 1.85. The summed E-state index contributed by atoms with van der Waals surface area (Å²) in [5.41, 5.74) is 1.39. The lowest BCUT2D eigenvalue weighted by Gasteiger charge is -2.00. The first-order chi connectivity index (χ1) is 12.6. The molecule has 4 rings (SSSR count). The molecule has 0 fully saturated rings. The second-order valence-corrected chi connectivity index (χ2v) is 7.49. The van der Waals surface area contributed by atoms with Gasteiger partial charge < -0.3 is 4.74 Å². The third-order valence-electron chi connectivity index (χ3n) is 3.56. The van der Waals surface area contributed by atoms with Gasteiger partial charge in [-0.1, -0.05) is 35.2 Å².